The fourth-order valence-electron chi connectivity index (χ4n) is 3.48. The molecule has 136 valence electrons. The second kappa shape index (κ2) is 6.33. The van der Waals surface area contributed by atoms with Crippen molar-refractivity contribution in [2.45, 2.75) is 23.7 Å². The van der Waals surface area contributed by atoms with Gasteiger partial charge in [0.25, 0.3) is 0 Å². The third kappa shape index (κ3) is 2.93. The van der Waals surface area contributed by atoms with Gasteiger partial charge in [-0.3, -0.25) is 4.79 Å². The van der Waals surface area contributed by atoms with Crippen molar-refractivity contribution in [1.82, 2.24) is 24.1 Å². The van der Waals surface area contributed by atoms with Gasteiger partial charge in [-0.15, -0.1) is 10.2 Å². The zero-order valence-electron chi connectivity index (χ0n) is 14.3. The molecular weight excluding hydrogens is 354 g/mol. The molecule has 0 spiro atoms. The molecule has 1 N–H and O–H groups in total. The van der Waals surface area contributed by atoms with E-state index in [0.29, 0.717) is 24.0 Å². The summed E-state index contributed by atoms with van der Waals surface area (Å²) in [5, 5.41) is 8.72. The van der Waals surface area contributed by atoms with Crippen LogP contribution in [0.2, 0.25) is 0 Å². The summed E-state index contributed by atoms with van der Waals surface area (Å²) in [5.41, 5.74) is 0.405. The number of piperidine rings is 1. The highest BCUT2D eigenvalue weighted by atomic mass is 32.2. The van der Waals surface area contributed by atoms with Crippen LogP contribution in [-0.2, 0) is 17.1 Å². The molecule has 0 amide bonds. The van der Waals surface area contributed by atoms with Crippen molar-refractivity contribution in [1.29, 1.82) is 0 Å². The number of H-pyrrole nitrogens is 1. The molecule has 1 aliphatic rings. The molecule has 1 aromatic carbocycles. The van der Waals surface area contributed by atoms with Gasteiger partial charge >= 0.3 is 0 Å². The smallest absolute Gasteiger partial charge is 0.248 e. The molecule has 8 nitrogen and oxygen atoms in total. The lowest BCUT2D eigenvalue weighted by molar-refractivity contribution is 0.306. The first-order valence-corrected chi connectivity index (χ1v) is 9.86. The van der Waals surface area contributed by atoms with Crippen molar-refractivity contribution in [2.24, 2.45) is 7.05 Å². The number of aromatic amines is 1. The highest BCUT2D eigenvalue weighted by Gasteiger charge is 2.32. The van der Waals surface area contributed by atoms with Gasteiger partial charge < -0.3 is 9.55 Å². The molecule has 1 unspecified atom stereocenters. The number of aromatic nitrogens is 4. The Bertz CT molecular complexity index is 1120. The van der Waals surface area contributed by atoms with Crippen molar-refractivity contribution in [3.8, 4) is 0 Å². The maximum atomic E-state index is 13.1. The summed E-state index contributed by atoms with van der Waals surface area (Å²) in [6, 6.07) is 7.80. The number of fused-ring (bicyclic) bond motifs is 1. The fourth-order valence-corrected chi connectivity index (χ4v) is 5.03. The molecule has 3 aromatic rings. The van der Waals surface area contributed by atoms with E-state index >= 15 is 0 Å². The second-order valence-electron chi connectivity index (χ2n) is 6.57. The molecule has 3 heterocycles. The van der Waals surface area contributed by atoms with Crippen LogP contribution in [0.25, 0.3) is 10.9 Å². The zero-order valence-corrected chi connectivity index (χ0v) is 15.1. The van der Waals surface area contributed by atoms with E-state index in [9.17, 15) is 13.2 Å². The maximum absolute atomic E-state index is 13.1. The Morgan fingerprint density at radius 3 is 2.85 bits per heavy atom. The molecule has 9 heteroatoms. The van der Waals surface area contributed by atoms with Gasteiger partial charge in [0, 0.05) is 37.6 Å². The van der Waals surface area contributed by atoms with Crippen LogP contribution in [0.3, 0.4) is 0 Å². The minimum atomic E-state index is -3.62. The summed E-state index contributed by atoms with van der Waals surface area (Å²) >= 11 is 0. The predicted molar refractivity (Wildman–Crippen MR) is 96.3 cm³/mol. The largest absolute Gasteiger partial charge is 0.322 e. The molecule has 0 saturated carbocycles. The summed E-state index contributed by atoms with van der Waals surface area (Å²) in [7, 11) is -1.75. The highest BCUT2D eigenvalue weighted by Crippen LogP contribution is 2.29. The first kappa shape index (κ1) is 16.9. The SMILES string of the molecule is Cn1cnnc1C1CCCN(S(=O)(=O)c2ccc3[nH]c(=O)ccc3c2)C1. The van der Waals surface area contributed by atoms with Crippen molar-refractivity contribution in [3.63, 3.8) is 0 Å². The van der Waals surface area contributed by atoms with Gasteiger partial charge in [0.1, 0.15) is 12.2 Å². The number of sulfonamides is 1. The molecule has 1 fully saturated rings. The number of pyridine rings is 1. The summed E-state index contributed by atoms with van der Waals surface area (Å²) in [5.74, 6) is 0.837. The standard InChI is InChI=1S/C17H19N5O3S/c1-21-11-18-20-17(21)13-3-2-8-22(10-13)26(24,25)14-5-6-15-12(9-14)4-7-16(23)19-15/h4-7,9,11,13H,2-3,8,10H2,1H3,(H,19,23). The number of hydrogen-bond donors (Lipinski definition) is 1. The van der Waals surface area contributed by atoms with E-state index in [-0.39, 0.29) is 16.4 Å². The zero-order chi connectivity index (χ0) is 18.3. The third-order valence-corrected chi connectivity index (χ3v) is 6.69. The lowest BCUT2D eigenvalue weighted by atomic mass is 9.99. The number of hydrogen-bond acceptors (Lipinski definition) is 5. The van der Waals surface area contributed by atoms with Crippen molar-refractivity contribution in [2.75, 3.05) is 13.1 Å². The molecule has 0 radical (unpaired) electrons. The normalized spacial score (nSPS) is 19.0. The van der Waals surface area contributed by atoms with E-state index in [1.54, 1.807) is 30.6 Å². The molecule has 2 aromatic heterocycles. The molecule has 0 bridgehead atoms. The second-order valence-corrected chi connectivity index (χ2v) is 8.51. The highest BCUT2D eigenvalue weighted by molar-refractivity contribution is 7.89. The topological polar surface area (TPSA) is 101 Å². The van der Waals surface area contributed by atoms with E-state index in [1.807, 2.05) is 11.6 Å². The molecule has 1 atom stereocenters. The van der Waals surface area contributed by atoms with Crippen molar-refractivity contribution < 1.29 is 8.42 Å². The van der Waals surface area contributed by atoms with Gasteiger partial charge in [-0.1, -0.05) is 0 Å². The maximum Gasteiger partial charge on any atom is 0.248 e. The Morgan fingerprint density at radius 2 is 2.08 bits per heavy atom. The van der Waals surface area contributed by atoms with Crippen LogP contribution >= 0.6 is 0 Å². The Hall–Kier alpha value is -2.52. The Kier molecular flexibility index (Phi) is 4.12. The van der Waals surface area contributed by atoms with Gasteiger partial charge in [-0.25, -0.2) is 8.42 Å². The minimum absolute atomic E-state index is 0.0304. The monoisotopic (exact) mass is 373 g/mol. The average Bonchev–Trinajstić information content (AvgIpc) is 3.07. The van der Waals surface area contributed by atoms with Gasteiger partial charge in [-0.2, -0.15) is 4.31 Å². The van der Waals surface area contributed by atoms with Crippen LogP contribution in [-0.4, -0.2) is 45.6 Å². The van der Waals surface area contributed by atoms with E-state index in [4.69, 9.17) is 0 Å². The summed E-state index contributed by atoms with van der Waals surface area (Å²) < 4.78 is 29.6. The quantitative estimate of drug-likeness (QED) is 0.744. The first-order valence-electron chi connectivity index (χ1n) is 8.42. The number of nitrogens with one attached hydrogen (secondary N) is 1. The van der Waals surface area contributed by atoms with E-state index in [0.717, 1.165) is 18.7 Å². The molecule has 1 saturated heterocycles. The summed E-state index contributed by atoms with van der Waals surface area (Å²) in [6.07, 6.45) is 3.29. The molecular formula is C17H19N5O3S. The predicted octanol–water partition coefficient (Wildman–Crippen LogP) is 1.22. The van der Waals surface area contributed by atoms with E-state index in [2.05, 4.69) is 15.2 Å². The van der Waals surface area contributed by atoms with Gasteiger partial charge in [0.05, 0.1) is 4.90 Å². The fraction of sp³-hybridized carbons (Fsp3) is 0.353. The van der Waals surface area contributed by atoms with Gasteiger partial charge in [0.2, 0.25) is 15.6 Å². The lowest BCUT2D eigenvalue weighted by Crippen LogP contribution is -2.39. The Morgan fingerprint density at radius 1 is 1.23 bits per heavy atom. The number of nitrogens with zero attached hydrogens (tertiary/aromatic N) is 4. The van der Waals surface area contributed by atoms with Crippen LogP contribution in [0, 0.1) is 0 Å². The Balaban J connectivity index is 1.66. The van der Waals surface area contributed by atoms with Gasteiger partial charge in [0.15, 0.2) is 0 Å². The van der Waals surface area contributed by atoms with Crippen molar-refractivity contribution in [3.05, 3.63) is 52.8 Å². The van der Waals surface area contributed by atoms with Crippen LogP contribution in [0.15, 0.2) is 46.3 Å². The number of benzene rings is 1. The average molecular weight is 373 g/mol. The minimum Gasteiger partial charge on any atom is -0.322 e. The molecule has 26 heavy (non-hydrogen) atoms. The van der Waals surface area contributed by atoms with Crippen LogP contribution in [0.1, 0.15) is 24.6 Å². The molecule has 1 aliphatic heterocycles. The molecule has 0 aliphatic carbocycles. The van der Waals surface area contributed by atoms with Crippen LogP contribution < -0.4 is 5.56 Å². The summed E-state index contributed by atoms with van der Waals surface area (Å²) in [4.78, 5) is 14.3. The van der Waals surface area contributed by atoms with Crippen LogP contribution in [0.5, 0.6) is 0 Å². The van der Waals surface area contributed by atoms with E-state index in [1.165, 1.54) is 10.4 Å². The van der Waals surface area contributed by atoms with Gasteiger partial charge in [-0.05, 0) is 42.5 Å². The number of rotatable bonds is 3. The summed E-state index contributed by atoms with van der Waals surface area (Å²) in [6.45, 7) is 0.874. The number of aryl methyl sites for hydroxylation is 1. The molecule has 4 rings (SSSR count). The third-order valence-electron chi connectivity index (χ3n) is 4.83. The van der Waals surface area contributed by atoms with Crippen LogP contribution in [0.4, 0.5) is 0 Å². The first-order chi connectivity index (χ1) is 12.4. The lowest BCUT2D eigenvalue weighted by Gasteiger charge is -2.31. The van der Waals surface area contributed by atoms with E-state index < -0.39 is 10.0 Å². The van der Waals surface area contributed by atoms with Crippen molar-refractivity contribution >= 4 is 20.9 Å². The Labute approximate surface area is 150 Å².